The van der Waals surface area contributed by atoms with Crippen LogP contribution in [-0.4, -0.2) is 46.5 Å². The van der Waals surface area contributed by atoms with Gasteiger partial charge in [-0.15, -0.1) is 0 Å². The monoisotopic (exact) mass is 379 g/mol. The molecule has 28 heavy (non-hydrogen) atoms. The summed E-state index contributed by atoms with van der Waals surface area (Å²) in [5.41, 5.74) is 1.35. The van der Waals surface area contributed by atoms with Crippen LogP contribution in [-0.2, 0) is 9.53 Å². The fourth-order valence-electron chi connectivity index (χ4n) is 2.94. The number of esters is 1. The SMILES string of the molecule is Cc1nc2ccccc2c(=O)n1-c1ccc(C(=O)O[C@@H](C)C(=O)N(C)C)cc1. The van der Waals surface area contributed by atoms with Gasteiger partial charge in [0.15, 0.2) is 6.10 Å². The third kappa shape index (κ3) is 3.64. The van der Waals surface area contributed by atoms with Crippen molar-refractivity contribution >= 4 is 22.8 Å². The van der Waals surface area contributed by atoms with Crippen LogP contribution >= 0.6 is 0 Å². The lowest BCUT2D eigenvalue weighted by Gasteiger charge is -2.17. The van der Waals surface area contributed by atoms with Crippen molar-refractivity contribution in [2.24, 2.45) is 0 Å². The fraction of sp³-hybridized carbons (Fsp3) is 0.238. The molecule has 0 saturated heterocycles. The van der Waals surface area contributed by atoms with Crippen LogP contribution in [0.4, 0.5) is 0 Å². The van der Waals surface area contributed by atoms with Crippen molar-refractivity contribution in [3.8, 4) is 5.69 Å². The molecule has 0 spiro atoms. The van der Waals surface area contributed by atoms with E-state index in [0.29, 0.717) is 28.0 Å². The van der Waals surface area contributed by atoms with Gasteiger partial charge in [-0.25, -0.2) is 9.78 Å². The van der Waals surface area contributed by atoms with E-state index in [1.807, 2.05) is 6.07 Å². The van der Waals surface area contributed by atoms with Gasteiger partial charge in [0, 0.05) is 14.1 Å². The maximum absolute atomic E-state index is 12.8. The lowest BCUT2D eigenvalue weighted by molar-refractivity contribution is -0.137. The van der Waals surface area contributed by atoms with Gasteiger partial charge in [0.25, 0.3) is 11.5 Å². The molecule has 0 bridgehead atoms. The molecule has 0 fully saturated rings. The van der Waals surface area contributed by atoms with E-state index in [4.69, 9.17) is 4.74 Å². The molecule has 144 valence electrons. The molecule has 3 rings (SSSR count). The summed E-state index contributed by atoms with van der Waals surface area (Å²) in [4.78, 5) is 42.8. The van der Waals surface area contributed by atoms with E-state index in [1.165, 1.54) is 16.4 Å². The Morgan fingerprint density at radius 2 is 1.71 bits per heavy atom. The number of likely N-dealkylation sites (N-methyl/N-ethyl adjacent to an activating group) is 1. The largest absolute Gasteiger partial charge is 0.449 e. The van der Waals surface area contributed by atoms with E-state index in [-0.39, 0.29) is 11.5 Å². The average Bonchev–Trinajstić information content (AvgIpc) is 2.67. The minimum atomic E-state index is -0.878. The molecule has 0 unspecified atom stereocenters. The third-order valence-electron chi connectivity index (χ3n) is 4.38. The predicted octanol–water partition coefficient (Wildman–Crippen LogP) is 2.33. The van der Waals surface area contributed by atoms with Gasteiger partial charge in [0.2, 0.25) is 0 Å². The molecule has 1 aromatic heterocycles. The van der Waals surface area contributed by atoms with E-state index in [0.717, 1.165) is 0 Å². The summed E-state index contributed by atoms with van der Waals surface area (Å²) in [6.45, 7) is 3.28. The predicted molar refractivity (Wildman–Crippen MR) is 106 cm³/mol. The van der Waals surface area contributed by atoms with Crippen molar-refractivity contribution in [2.75, 3.05) is 14.1 Å². The molecule has 7 heteroatoms. The van der Waals surface area contributed by atoms with E-state index in [9.17, 15) is 14.4 Å². The topological polar surface area (TPSA) is 81.5 Å². The van der Waals surface area contributed by atoms with Gasteiger partial charge in [-0.1, -0.05) is 12.1 Å². The number of rotatable bonds is 4. The maximum atomic E-state index is 12.8. The smallest absolute Gasteiger partial charge is 0.338 e. The van der Waals surface area contributed by atoms with E-state index >= 15 is 0 Å². The molecule has 0 N–H and O–H groups in total. The zero-order chi connectivity index (χ0) is 20.4. The Morgan fingerprint density at radius 1 is 1.07 bits per heavy atom. The molecule has 2 aromatic carbocycles. The number of ether oxygens (including phenoxy) is 1. The molecule has 0 radical (unpaired) electrons. The first-order valence-corrected chi connectivity index (χ1v) is 8.80. The molecule has 1 atom stereocenters. The van der Waals surface area contributed by atoms with Gasteiger partial charge in [0.05, 0.1) is 22.2 Å². The first-order valence-electron chi connectivity index (χ1n) is 8.80. The molecule has 0 aliphatic heterocycles. The first-order chi connectivity index (χ1) is 13.3. The third-order valence-corrected chi connectivity index (χ3v) is 4.38. The summed E-state index contributed by atoms with van der Waals surface area (Å²) in [5.74, 6) is -0.353. The highest BCUT2D eigenvalue weighted by molar-refractivity contribution is 5.92. The quantitative estimate of drug-likeness (QED) is 0.650. The number of hydrogen-bond donors (Lipinski definition) is 0. The Hall–Kier alpha value is -3.48. The Balaban J connectivity index is 1.89. The molecule has 0 aliphatic rings. The Labute approximate surface area is 162 Å². The number of carbonyl (C=O) groups is 2. The van der Waals surface area contributed by atoms with Crippen LogP contribution in [0, 0.1) is 6.92 Å². The van der Waals surface area contributed by atoms with Gasteiger partial charge in [-0.3, -0.25) is 14.2 Å². The van der Waals surface area contributed by atoms with Crippen molar-refractivity contribution in [2.45, 2.75) is 20.0 Å². The molecule has 1 amide bonds. The number of nitrogens with zero attached hydrogens (tertiary/aromatic N) is 3. The van der Waals surface area contributed by atoms with Crippen LogP contribution in [0.25, 0.3) is 16.6 Å². The van der Waals surface area contributed by atoms with Crippen molar-refractivity contribution in [3.05, 3.63) is 70.3 Å². The van der Waals surface area contributed by atoms with Gasteiger partial charge < -0.3 is 9.64 Å². The molecular formula is C21H21N3O4. The Bertz CT molecular complexity index is 1100. The summed E-state index contributed by atoms with van der Waals surface area (Å²) >= 11 is 0. The molecule has 3 aromatic rings. The highest BCUT2D eigenvalue weighted by Crippen LogP contribution is 2.14. The number of benzene rings is 2. The van der Waals surface area contributed by atoms with Crippen LogP contribution in [0.2, 0.25) is 0 Å². The number of fused-ring (bicyclic) bond motifs is 1. The fourth-order valence-corrected chi connectivity index (χ4v) is 2.94. The second kappa shape index (κ2) is 7.64. The second-order valence-electron chi connectivity index (χ2n) is 6.64. The van der Waals surface area contributed by atoms with Gasteiger partial charge in [-0.2, -0.15) is 0 Å². The molecule has 0 aliphatic carbocycles. The Kier molecular flexibility index (Phi) is 5.26. The number of para-hydroxylation sites is 1. The number of aromatic nitrogens is 2. The van der Waals surface area contributed by atoms with E-state index in [2.05, 4.69) is 4.98 Å². The van der Waals surface area contributed by atoms with Crippen LogP contribution in [0.1, 0.15) is 23.1 Å². The maximum Gasteiger partial charge on any atom is 0.338 e. The van der Waals surface area contributed by atoms with Crippen molar-refractivity contribution in [1.82, 2.24) is 14.5 Å². The number of carbonyl (C=O) groups excluding carboxylic acids is 2. The van der Waals surface area contributed by atoms with E-state index in [1.54, 1.807) is 63.5 Å². The second-order valence-corrected chi connectivity index (χ2v) is 6.64. The van der Waals surface area contributed by atoms with Crippen LogP contribution in [0.15, 0.2) is 53.3 Å². The normalized spacial score (nSPS) is 11.9. The van der Waals surface area contributed by atoms with Crippen molar-refractivity contribution < 1.29 is 14.3 Å². The minimum Gasteiger partial charge on any atom is -0.449 e. The summed E-state index contributed by atoms with van der Waals surface area (Å²) < 4.78 is 6.69. The average molecular weight is 379 g/mol. The van der Waals surface area contributed by atoms with E-state index < -0.39 is 12.1 Å². The van der Waals surface area contributed by atoms with Gasteiger partial charge >= 0.3 is 5.97 Å². The first kappa shape index (κ1) is 19.3. The zero-order valence-electron chi connectivity index (χ0n) is 16.2. The molecular weight excluding hydrogens is 358 g/mol. The standard InChI is InChI=1S/C21H21N3O4/c1-13(19(25)23(3)4)28-21(27)15-9-11-16(12-10-15)24-14(2)22-18-8-6-5-7-17(18)20(24)26/h5-13H,1-4H3/t13-/m0/s1. The lowest BCUT2D eigenvalue weighted by Crippen LogP contribution is -2.34. The highest BCUT2D eigenvalue weighted by Gasteiger charge is 2.20. The highest BCUT2D eigenvalue weighted by atomic mass is 16.5. The number of amides is 1. The summed E-state index contributed by atoms with van der Waals surface area (Å²) in [7, 11) is 3.19. The molecule has 0 saturated carbocycles. The van der Waals surface area contributed by atoms with Crippen molar-refractivity contribution in [1.29, 1.82) is 0 Å². The molecule has 7 nitrogen and oxygen atoms in total. The summed E-state index contributed by atoms with van der Waals surface area (Å²) in [6.07, 6.45) is -0.878. The van der Waals surface area contributed by atoms with Gasteiger partial charge in [0.1, 0.15) is 5.82 Å². The van der Waals surface area contributed by atoms with Crippen LogP contribution in [0.3, 0.4) is 0 Å². The number of hydrogen-bond acceptors (Lipinski definition) is 5. The summed E-state index contributed by atoms with van der Waals surface area (Å²) in [6, 6.07) is 13.6. The lowest BCUT2D eigenvalue weighted by atomic mass is 10.2. The van der Waals surface area contributed by atoms with Crippen LogP contribution < -0.4 is 5.56 Å². The molecule has 1 heterocycles. The summed E-state index contributed by atoms with van der Waals surface area (Å²) in [5, 5.41) is 0.521. The zero-order valence-corrected chi connectivity index (χ0v) is 16.2. The van der Waals surface area contributed by atoms with Gasteiger partial charge in [-0.05, 0) is 50.2 Å². The minimum absolute atomic E-state index is 0.177. The van der Waals surface area contributed by atoms with Crippen LogP contribution in [0.5, 0.6) is 0 Å². The number of aryl methyl sites for hydroxylation is 1. The van der Waals surface area contributed by atoms with Crippen molar-refractivity contribution in [3.63, 3.8) is 0 Å². The Morgan fingerprint density at radius 3 is 2.36 bits per heavy atom.